The van der Waals surface area contributed by atoms with Gasteiger partial charge in [0.25, 0.3) is 0 Å². The molecule has 76 valence electrons. The van der Waals surface area contributed by atoms with E-state index in [9.17, 15) is 4.79 Å². The molecular formula is C9H14N4O. The number of aromatic nitrogens is 3. The smallest absolute Gasteiger partial charge is 0.231 e. The Morgan fingerprint density at radius 1 is 1.71 bits per heavy atom. The molecule has 1 aromatic heterocycles. The number of amides is 1. The molecule has 1 aliphatic heterocycles. The predicted octanol–water partition coefficient (Wildman–Crippen LogP) is 0.892. The zero-order chi connectivity index (χ0) is 10.1. The molecule has 5 nitrogen and oxygen atoms in total. The van der Waals surface area contributed by atoms with Gasteiger partial charge in [-0.3, -0.25) is 10.1 Å². The van der Waals surface area contributed by atoms with Crippen LogP contribution in [-0.4, -0.2) is 20.7 Å². The van der Waals surface area contributed by atoms with Crippen molar-refractivity contribution in [2.24, 2.45) is 11.8 Å². The summed E-state index contributed by atoms with van der Waals surface area (Å²) < 4.78 is 1.74. The second-order valence-corrected chi connectivity index (χ2v) is 4.08. The summed E-state index contributed by atoms with van der Waals surface area (Å²) in [5.41, 5.74) is 0. The number of hydrogen-bond acceptors (Lipinski definition) is 3. The number of rotatable bonds is 2. The quantitative estimate of drug-likeness (QED) is 0.760. The molecule has 0 aliphatic carbocycles. The summed E-state index contributed by atoms with van der Waals surface area (Å²) in [5, 5.41) is 6.79. The number of nitrogens with one attached hydrogen (secondary N) is 1. The first-order valence-corrected chi connectivity index (χ1v) is 4.85. The lowest BCUT2D eigenvalue weighted by Crippen LogP contribution is -2.34. The van der Waals surface area contributed by atoms with E-state index in [0.717, 1.165) is 6.42 Å². The van der Waals surface area contributed by atoms with Gasteiger partial charge in [-0.25, -0.2) is 4.68 Å². The molecule has 1 aromatic rings. The zero-order valence-electron chi connectivity index (χ0n) is 8.40. The van der Waals surface area contributed by atoms with Gasteiger partial charge in [0, 0.05) is 0 Å². The van der Waals surface area contributed by atoms with Gasteiger partial charge in [0.2, 0.25) is 11.9 Å². The van der Waals surface area contributed by atoms with Crippen LogP contribution in [0.5, 0.6) is 0 Å². The maximum atomic E-state index is 11.6. The molecule has 14 heavy (non-hydrogen) atoms. The molecule has 0 bridgehead atoms. The Morgan fingerprint density at radius 3 is 3.21 bits per heavy atom. The lowest BCUT2D eigenvalue weighted by atomic mass is 9.95. The van der Waals surface area contributed by atoms with Gasteiger partial charge in [-0.2, -0.15) is 10.1 Å². The highest BCUT2D eigenvalue weighted by Gasteiger charge is 2.27. The van der Waals surface area contributed by atoms with E-state index >= 15 is 0 Å². The van der Waals surface area contributed by atoms with Crippen molar-refractivity contribution in [2.45, 2.75) is 26.8 Å². The zero-order valence-corrected chi connectivity index (χ0v) is 8.40. The number of fused-ring (bicyclic) bond motifs is 1. The summed E-state index contributed by atoms with van der Waals surface area (Å²) in [6, 6.07) is 0. The third-order valence-corrected chi connectivity index (χ3v) is 2.37. The lowest BCUT2D eigenvalue weighted by Gasteiger charge is -2.23. The molecule has 5 heteroatoms. The predicted molar refractivity (Wildman–Crippen MR) is 51.6 cm³/mol. The van der Waals surface area contributed by atoms with Crippen LogP contribution in [-0.2, 0) is 11.3 Å². The Kier molecular flexibility index (Phi) is 2.23. The maximum Gasteiger partial charge on any atom is 0.231 e. The number of nitrogens with zero attached hydrogens (tertiary/aromatic N) is 3. The molecule has 0 saturated heterocycles. The fourth-order valence-electron chi connectivity index (χ4n) is 1.75. The van der Waals surface area contributed by atoms with Crippen molar-refractivity contribution in [3.05, 3.63) is 6.33 Å². The number of anilines is 1. The van der Waals surface area contributed by atoms with Crippen molar-refractivity contribution in [2.75, 3.05) is 5.32 Å². The van der Waals surface area contributed by atoms with Crippen LogP contribution in [0.1, 0.15) is 20.3 Å². The molecule has 0 saturated carbocycles. The van der Waals surface area contributed by atoms with E-state index in [2.05, 4.69) is 29.2 Å². The molecule has 1 unspecified atom stereocenters. The van der Waals surface area contributed by atoms with Crippen LogP contribution >= 0.6 is 0 Å². The summed E-state index contributed by atoms with van der Waals surface area (Å²) in [6.07, 6.45) is 2.36. The van der Waals surface area contributed by atoms with Crippen molar-refractivity contribution in [1.29, 1.82) is 0 Å². The van der Waals surface area contributed by atoms with E-state index in [0.29, 0.717) is 18.4 Å². The summed E-state index contributed by atoms with van der Waals surface area (Å²) in [5.74, 6) is 1.19. The number of carbonyl (C=O) groups is 1. The number of carbonyl (C=O) groups excluding carboxylic acids is 1. The molecule has 1 N–H and O–H groups in total. The van der Waals surface area contributed by atoms with Crippen molar-refractivity contribution < 1.29 is 4.79 Å². The Hall–Kier alpha value is -1.39. The van der Waals surface area contributed by atoms with Crippen LogP contribution in [0.3, 0.4) is 0 Å². The molecule has 1 atom stereocenters. The summed E-state index contributed by atoms with van der Waals surface area (Å²) in [7, 11) is 0. The normalized spacial score (nSPS) is 20.8. The van der Waals surface area contributed by atoms with Gasteiger partial charge in [0.05, 0.1) is 12.5 Å². The van der Waals surface area contributed by atoms with E-state index in [-0.39, 0.29) is 11.8 Å². The minimum Gasteiger partial charge on any atom is -0.294 e. The third kappa shape index (κ3) is 1.62. The molecular weight excluding hydrogens is 180 g/mol. The summed E-state index contributed by atoms with van der Waals surface area (Å²) >= 11 is 0. The van der Waals surface area contributed by atoms with Gasteiger partial charge < -0.3 is 0 Å². The first-order chi connectivity index (χ1) is 6.66. The average molecular weight is 194 g/mol. The highest BCUT2D eigenvalue weighted by atomic mass is 16.2. The Morgan fingerprint density at radius 2 is 2.50 bits per heavy atom. The van der Waals surface area contributed by atoms with Gasteiger partial charge in [0.1, 0.15) is 6.33 Å². The third-order valence-electron chi connectivity index (χ3n) is 2.37. The van der Waals surface area contributed by atoms with Crippen molar-refractivity contribution in [1.82, 2.24) is 14.8 Å². The molecule has 0 spiro atoms. The molecule has 2 heterocycles. The highest BCUT2D eigenvalue weighted by molar-refractivity contribution is 5.92. The van der Waals surface area contributed by atoms with Crippen LogP contribution < -0.4 is 5.32 Å². The fourth-order valence-corrected chi connectivity index (χ4v) is 1.75. The second kappa shape index (κ2) is 3.40. The fraction of sp³-hybridized carbons (Fsp3) is 0.667. The van der Waals surface area contributed by atoms with Gasteiger partial charge in [-0.1, -0.05) is 13.8 Å². The van der Waals surface area contributed by atoms with E-state index in [1.807, 2.05) is 0 Å². The summed E-state index contributed by atoms with van der Waals surface area (Å²) in [4.78, 5) is 15.5. The largest absolute Gasteiger partial charge is 0.294 e. The van der Waals surface area contributed by atoms with E-state index in [1.54, 1.807) is 4.68 Å². The van der Waals surface area contributed by atoms with E-state index in [1.165, 1.54) is 6.33 Å². The van der Waals surface area contributed by atoms with Gasteiger partial charge in [-0.05, 0) is 12.3 Å². The van der Waals surface area contributed by atoms with E-state index < -0.39 is 0 Å². The molecule has 0 aromatic carbocycles. The van der Waals surface area contributed by atoms with Gasteiger partial charge in [-0.15, -0.1) is 0 Å². The molecule has 2 rings (SSSR count). The second-order valence-electron chi connectivity index (χ2n) is 4.08. The Balaban J connectivity index is 2.13. The van der Waals surface area contributed by atoms with Crippen LogP contribution in [0.4, 0.5) is 5.95 Å². The van der Waals surface area contributed by atoms with Crippen LogP contribution in [0.25, 0.3) is 0 Å². The topological polar surface area (TPSA) is 59.8 Å². The Bertz CT molecular complexity index is 344. The molecule has 1 amide bonds. The first-order valence-electron chi connectivity index (χ1n) is 4.85. The maximum absolute atomic E-state index is 11.6. The van der Waals surface area contributed by atoms with Crippen molar-refractivity contribution in [3.63, 3.8) is 0 Å². The first kappa shape index (κ1) is 9.18. The Labute approximate surface area is 82.5 Å². The average Bonchev–Trinajstić information content (AvgIpc) is 2.51. The SMILES string of the molecule is CC(C)CC1Cn2ncnc2NC1=O. The molecule has 0 fully saturated rings. The molecule has 1 aliphatic rings. The molecule has 0 radical (unpaired) electrons. The summed E-state index contributed by atoms with van der Waals surface area (Å²) in [6.45, 7) is 4.88. The van der Waals surface area contributed by atoms with Gasteiger partial charge in [0.15, 0.2) is 0 Å². The van der Waals surface area contributed by atoms with Gasteiger partial charge >= 0.3 is 0 Å². The van der Waals surface area contributed by atoms with E-state index in [4.69, 9.17) is 0 Å². The van der Waals surface area contributed by atoms with Crippen molar-refractivity contribution >= 4 is 11.9 Å². The minimum atomic E-state index is 0.0317. The number of hydrogen-bond donors (Lipinski definition) is 1. The van der Waals surface area contributed by atoms with Crippen LogP contribution in [0.2, 0.25) is 0 Å². The monoisotopic (exact) mass is 194 g/mol. The van der Waals surface area contributed by atoms with Crippen LogP contribution in [0.15, 0.2) is 6.33 Å². The van der Waals surface area contributed by atoms with Crippen LogP contribution in [0, 0.1) is 11.8 Å². The van der Waals surface area contributed by atoms with Crippen molar-refractivity contribution in [3.8, 4) is 0 Å². The standard InChI is InChI=1S/C9H14N4O/c1-6(2)3-7-4-13-9(10-5-11-13)12-8(7)14/h5-7H,3-4H2,1-2H3,(H,10,11,12,14). The lowest BCUT2D eigenvalue weighted by molar-refractivity contribution is -0.121. The highest BCUT2D eigenvalue weighted by Crippen LogP contribution is 2.20. The minimum absolute atomic E-state index is 0.0317.